The number of hydrogen-bond donors (Lipinski definition) is 2. The average Bonchev–Trinajstić information content (AvgIpc) is 2.46. The number of nitrogens with one attached hydrogen (secondary N) is 1. The lowest BCUT2D eigenvalue weighted by molar-refractivity contribution is -0.118. The van der Waals surface area contributed by atoms with Gasteiger partial charge in [-0.1, -0.05) is 0 Å². The van der Waals surface area contributed by atoms with Crippen molar-refractivity contribution in [2.45, 2.75) is 0 Å². The maximum atomic E-state index is 11.5. The summed E-state index contributed by atoms with van der Waals surface area (Å²) in [7, 11) is 0. The van der Waals surface area contributed by atoms with E-state index < -0.39 is 11.9 Å². The van der Waals surface area contributed by atoms with Gasteiger partial charge in [-0.2, -0.15) is 0 Å². The minimum absolute atomic E-state index is 0.0582. The van der Waals surface area contributed by atoms with E-state index in [1.54, 1.807) is 18.3 Å². The van der Waals surface area contributed by atoms with Gasteiger partial charge < -0.3 is 15.2 Å². The summed E-state index contributed by atoms with van der Waals surface area (Å²) in [5, 5.41) is 11.2. The quantitative estimate of drug-likeness (QED) is 0.819. The van der Waals surface area contributed by atoms with Gasteiger partial charge in [-0.15, -0.1) is 0 Å². The molecular formula is C12H10N4O4. The lowest BCUT2D eigenvalue weighted by atomic mass is 10.4. The van der Waals surface area contributed by atoms with E-state index in [9.17, 15) is 9.59 Å². The second-order valence-corrected chi connectivity index (χ2v) is 3.64. The summed E-state index contributed by atoms with van der Waals surface area (Å²) < 4.78 is 5.03. The third-order valence-electron chi connectivity index (χ3n) is 2.15. The van der Waals surface area contributed by atoms with Crippen LogP contribution in [0, 0.1) is 0 Å². The van der Waals surface area contributed by atoms with Crippen LogP contribution in [-0.2, 0) is 4.79 Å². The molecule has 8 nitrogen and oxygen atoms in total. The highest BCUT2D eigenvalue weighted by Crippen LogP contribution is 2.04. The van der Waals surface area contributed by atoms with Crippen LogP contribution in [0.1, 0.15) is 10.4 Å². The Kier molecular flexibility index (Phi) is 4.17. The zero-order valence-electron chi connectivity index (χ0n) is 10.2. The highest BCUT2D eigenvalue weighted by Gasteiger charge is 2.07. The fraction of sp³-hybridized carbons (Fsp3) is 0.0833. The number of carboxylic acid groups (broad SMARTS) is 1. The number of ether oxygens (including phenoxy) is 1. The van der Waals surface area contributed by atoms with Crippen LogP contribution in [0.5, 0.6) is 6.01 Å². The Labute approximate surface area is 113 Å². The van der Waals surface area contributed by atoms with Crippen molar-refractivity contribution in [1.29, 1.82) is 0 Å². The summed E-state index contributed by atoms with van der Waals surface area (Å²) in [6.07, 6.45) is 5.29. The fourth-order valence-electron chi connectivity index (χ4n) is 1.27. The number of anilines is 1. The minimum Gasteiger partial charge on any atom is -0.478 e. The first kappa shape index (κ1) is 13.4. The van der Waals surface area contributed by atoms with E-state index in [0.717, 1.165) is 12.4 Å². The van der Waals surface area contributed by atoms with Gasteiger partial charge in [-0.3, -0.25) is 9.78 Å². The second kappa shape index (κ2) is 6.23. The molecule has 20 heavy (non-hydrogen) atoms. The first-order valence-corrected chi connectivity index (χ1v) is 5.53. The maximum Gasteiger partial charge on any atom is 0.338 e. The first-order chi connectivity index (χ1) is 9.65. The predicted octanol–water partition coefficient (Wildman–Crippen LogP) is 0.587. The predicted molar refractivity (Wildman–Crippen MR) is 67.4 cm³/mol. The highest BCUT2D eigenvalue weighted by atomic mass is 16.5. The van der Waals surface area contributed by atoms with E-state index in [2.05, 4.69) is 20.3 Å². The van der Waals surface area contributed by atoms with Gasteiger partial charge in [0.1, 0.15) is 0 Å². The molecule has 0 bridgehead atoms. The van der Waals surface area contributed by atoms with Gasteiger partial charge >= 0.3 is 12.0 Å². The van der Waals surface area contributed by atoms with Crippen LogP contribution < -0.4 is 10.1 Å². The number of hydrogen-bond acceptors (Lipinski definition) is 6. The summed E-state index contributed by atoms with van der Waals surface area (Å²) in [5.41, 5.74) is 0.486. The van der Waals surface area contributed by atoms with Gasteiger partial charge in [-0.05, 0) is 12.1 Å². The SMILES string of the molecule is O=C(COc1ncc(C(=O)O)cn1)Nc1cccnc1. The van der Waals surface area contributed by atoms with Crippen molar-refractivity contribution in [3.8, 4) is 6.01 Å². The van der Waals surface area contributed by atoms with Crippen LogP contribution in [0.15, 0.2) is 36.9 Å². The van der Waals surface area contributed by atoms with Crippen molar-refractivity contribution < 1.29 is 19.4 Å². The van der Waals surface area contributed by atoms with Crippen LogP contribution in [0.2, 0.25) is 0 Å². The molecule has 0 radical (unpaired) electrons. The second-order valence-electron chi connectivity index (χ2n) is 3.64. The molecule has 0 saturated carbocycles. The van der Waals surface area contributed by atoms with Crippen molar-refractivity contribution in [2.75, 3.05) is 11.9 Å². The maximum absolute atomic E-state index is 11.5. The van der Waals surface area contributed by atoms with E-state index >= 15 is 0 Å². The van der Waals surface area contributed by atoms with Crippen LogP contribution in [0.3, 0.4) is 0 Å². The molecule has 0 saturated heterocycles. The number of nitrogens with zero attached hydrogens (tertiary/aromatic N) is 3. The molecule has 0 aliphatic heterocycles. The Morgan fingerprint density at radius 3 is 2.60 bits per heavy atom. The van der Waals surface area contributed by atoms with Crippen LogP contribution >= 0.6 is 0 Å². The van der Waals surface area contributed by atoms with E-state index in [-0.39, 0.29) is 18.2 Å². The zero-order valence-corrected chi connectivity index (χ0v) is 10.2. The standard InChI is InChI=1S/C12H10N4O4/c17-10(16-9-2-1-3-13-6-9)7-20-12-14-4-8(5-15-12)11(18)19/h1-6H,7H2,(H,16,17)(H,18,19). The van der Waals surface area contributed by atoms with Crippen LogP contribution in [0.25, 0.3) is 0 Å². The van der Waals surface area contributed by atoms with Gasteiger partial charge in [0.25, 0.3) is 5.91 Å². The Balaban J connectivity index is 1.85. The molecule has 2 heterocycles. The zero-order chi connectivity index (χ0) is 14.4. The summed E-state index contributed by atoms with van der Waals surface area (Å²) in [4.78, 5) is 33.3. The molecule has 0 fully saturated rings. The molecule has 1 amide bonds. The number of rotatable bonds is 5. The van der Waals surface area contributed by atoms with Gasteiger partial charge in [0.15, 0.2) is 6.61 Å². The molecule has 0 aromatic carbocycles. The number of carbonyl (C=O) groups excluding carboxylic acids is 1. The van der Waals surface area contributed by atoms with E-state index in [4.69, 9.17) is 9.84 Å². The topological polar surface area (TPSA) is 114 Å². The third kappa shape index (κ3) is 3.73. The average molecular weight is 274 g/mol. The van der Waals surface area contributed by atoms with Crippen LogP contribution in [0.4, 0.5) is 5.69 Å². The molecule has 2 rings (SSSR count). The monoisotopic (exact) mass is 274 g/mol. The number of pyridine rings is 1. The van der Waals surface area contributed by atoms with Crippen molar-refractivity contribution in [2.24, 2.45) is 0 Å². The molecule has 0 spiro atoms. The van der Waals surface area contributed by atoms with Crippen molar-refractivity contribution in [1.82, 2.24) is 15.0 Å². The summed E-state index contributed by atoms with van der Waals surface area (Å²) >= 11 is 0. The third-order valence-corrected chi connectivity index (χ3v) is 2.15. The number of aromatic nitrogens is 3. The minimum atomic E-state index is -1.13. The summed E-state index contributed by atoms with van der Waals surface area (Å²) in [6.45, 7) is -0.290. The van der Waals surface area contributed by atoms with Gasteiger partial charge in [0.05, 0.1) is 17.4 Å². The van der Waals surface area contributed by atoms with Crippen molar-refractivity contribution in [3.63, 3.8) is 0 Å². The Morgan fingerprint density at radius 2 is 2.00 bits per heavy atom. The molecule has 0 unspecified atom stereocenters. The van der Waals surface area contributed by atoms with Gasteiger partial charge in [0, 0.05) is 18.6 Å². The Morgan fingerprint density at radius 1 is 1.25 bits per heavy atom. The molecule has 102 valence electrons. The molecule has 2 aromatic rings. The molecule has 0 aliphatic carbocycles. The first-order valence-electron chi connectivity index (χ1n) is 5.53. The lowest BCUT2D eigenvalue weighted by Gasteiger charge is -2.05. The highest BCUT2D eigenvalue weighted by molar-refractivity contribution is 5.91. The van der Waals surface area contributed by atoms with Gasteiger partial charge in [0.2, 0.25) is 0 Å². The fourth-order valence-corrected chi connectivity index (χ4v) is 1.27. The van der Waals surface area contributed by atoms with E-state index in [1.165, 1.54) is 6.20 Å². The number of aromatic carboxylic acids is 1. The van der Waals surface area contributed by atoms with E-state index in [0.29, 0.717) is 5.69 Å². The molecule has 0 aliphatic rings. The number of carbonyl (C=O) groups is 2. The number of carboxylic acids is 1. The van der Waals surface area contributed by atoms with Crippen molar-refractivity contribution >= 4 is 17.6 Å². The Bertz CT molecular complexity index is 601. The molecule has 0 atom stereocenters. The lowest BCUT2D eigenvalue weighted by Crippen LogP contribution is -2.20. The molecule has 2 N–H and O–H groups in total. The largest absolute Gasteiger partial charge is 0.478 e. The smallest absolute Gasteiger partial charge is 0.338 e. The normalized spacial score (nSPS) is 9.80. The molecule has 8 heteroatoms. The van der Waals surface area contributed by atoms with E-state index in [1.807, 2.05) is 0 Å². The van der Waals surface area contributed by atoms with Gasteiger partial charge in [-0.25, -0.2) is 14.8 Å². The Hall–Kier alpha value is -3.03. The van der Waals surface area contributed by atoms with Crippen molar-refractivity contribution in [3.05, 3.63) is 42.5 Å². The molecule has 2 aromatic heterocycles. The number of amides is 1. The van der Waals surface area contributed by atoms with Crippen LogP contribution in [-0.4, -0.2) is 38.5 Å². The molecular weight excluding hydrogens is 264 g/mol. The summed E-state index contributed by atoms with van der Waals surface area (Å²) in [6, 6.07) is 3.30. The summed E-state index contributed by atoms with van der Waals surface area (Å²) in [5.74, 6) is -1.53.